The zero-order valence-corrected chi connectivity index (χ0v) is 12.1. The number of nitrogens with one attached hydrogen (secondary N) is 1. The molecule has 0 aromatic heterocycles. The van der Waals surface area contributed by atoms with Gasteiger partial charge in [-0.1, -0.05) is 13.3 Å². The highest BCUT2D eigenvalue weighted by Gasteiger charge is 2.17. The van der Waals surface area contributed by atoms with E-state index in [0.29, 0.717) is 18.4 Å². The van der Waals surface area contributed by atoms with Crippen molar-refractivity contribution < 1.29 is 17.2 Å². The van der Waals surface area contributed by atoms with Crippen LogP contribution in [0.3, 0.4) is 0 Å². The van der Waals surface area contributed by atoms with Gasteiger partial charge in [-0.3, -0.25) is 0 Å². The fraction of sp³-hybridized carbons (Fsp3) is 0.500. The molecular formula is C12H16ClF2NO2S. The standard InChI is InChI=1S/C12H16ClF2NO2S/c1-2-9(5-6-13)8-16-19(17,18)10-3-4-11(14)12(15)7-10/h3-4,7,9,16H,2,5-6,8H2,1H3. The largest absolute Gasteiger partial charge is 0.240 e. The highest BCUT2D eigenvalue weighted by atomic mass is 35.5. The Morgan fingerprint density at radius 1 is 1.32 bits per heavy atom. The lowest BCUT2D eigenvalue weighted by Crippen LogP contribution is -2.29. The average molecular weight is 312 g/mol. The molecule has 0 fully saturated rings. The SMILES string of the molecule is CCC(CCCl)CNS(=O)(=O)c1ccc(F)c(F)c1. The molecule has 7 heteroatoms. The van der Waals surface area contributed by atoms with Crippen molar-refractivity contribution in [2.24, 2.45) is 5.92 Å². The van der Waals surface area contributed by atoms with Gasteiger partial charge in [0.05, 0.1) is 4.90 Å². The fourth-order valence-corrected chi connectivity index (χ4v) is 3.00. The summed E-state index contributed by atoms with van der Waals surface area (Å²) in [5, 5.41) is 0. The lowest BCUT2D eigenvalue weighted by atomic mass is 10.0. The van der Waals surface area contributed by atoms with Gasteiger partial charge in [-0.2, -0.15) is 0 Å². The predicted molar refractivity (Wildman–Crippen MR) is 70.7 cm³/mol. The monoisotopic (exact) mass is 311 g/mol. The number of sulfonamides is 1. The van der Waals surface area contributed by atoms with Crippen LogP contribution in [0.5, 0.6) is 0 Å². The van der Waals surface area contributed by atoms with Crippen LogP contribution in [0.4, 0.5) is 8.78 Å². The van der Waals surface area contributed by atoms with Crippen LogP contribution in [-0.2, 0) is 10.0 Å². The fourth-order valence-electron chi connectivity index (χ4n) is 1.56. The third-order valence-corrected chi connectivity index (χ3v) is 4.50. The van der Waals surface area contributed by atoms with Gasteiger partial charge in [0.15, 0.2) is 11.6 Å². The van der Waals surface area contributed by atoms with E-state index >= 15 is 0 Å². The van der Waals surface area contributed by atoms with Gasteiger partial charge in [0.25, 0.3) is 0 Å². The molecule has 1 rings (SSSR count). The molecule has 0 saturated heterocycles. The van der Waals surface area contributed by atoms with Crippen molar-refractivity contribution >= 4 is 21.6 Å². The van der Waals surface area contributed by atoms with E-state index in [4.69, 9.17) is 11.6 Å². The zero-order valence-electron chi connectivity index (χ0n) is 10.5. The van der Waals surface area contributed by atoms with Crippen LogP contribution in [0, 0.1) is 17.6 Å². The van der Waals surface area contributed by atoms with Crippen LogP contribution >= 0.6 is 11.6 Å². The summed E-state index contributed by atoms with van der Waals surface area (Å²) in [7, 11) is -3.82. The lowest BCUT2D eigenvalue weighted by Gasteiger charge is -2.14. The second kappa shape index (κ2) is 7.17. The van der Waals surface area contributed by atoms with E-state index < -0.39 is 21.7 Å². The molecule has 3 nitrogen and oxygen atoms in total. The number of hydrogen-bond acceptors (Lipinski definition) is 2. The molecule has 0 spiro atoms. The summed E-state index contributed by atoms with van der Waals surface area (Å²) in [5.41, 5.74) is 0. The summed E-state index contributed by atoms with van der Waals surface area (Å²) in [4.78, 5) is -0.285. The molecule has 0 saturated carbocycles. The van der Waals surface area contributed by atoms with Crippen molar-refractivity contribution in [3.05, 3.63) is 29.8 Å². The lowest BCUT2D eigenvalue weighted by molar-refractivity contribution is 0.479. The van der Waals surface area contributed by atoms with Gasteiger partial charge >= 0.3 is 0 Å². The molecule has 0 aliphatic heterocycles. The molecule has 1 aromatic rings. The van der Waals surface area contributed by atoms with Gasteiger partial charge < -0.3 is 0 Å². The molecule has 0 radical (unpaired) electrons. The van der Waals surface area contributed by atoms with E-state index in [9.17, 15) is 17.2 Å². The summed E-state index contributed by atoms with van der Waals surface area (Å²) in [6, 6.07) is 2.49. The minimum atomic E-state index is -3.82. The van der Waals surface area contributed by atoms with Crippen LogP contribution in [0.2, 0.25) is 0 Å². The Labute approximate surface area is 117 Å². The maximum Gasteiger partial charge on any atom is 0.240 e. The molecular weight excluding hydrogens is 296 g/mol. The van der Waals surface area contributed by atoms with Gasteiger partial charge in [-0.05, 0) is 30.5 Å². The first-order valence-electron chi connectivity index (χ1n) is 5.91. The Morgan fingerprint density at radius 3 is 2.53 bits per heavy atom. The molecule has 1 atom stereocenters. The Bertz CT molecular complexity index is 522. The first kappa shape index (κ1) is 16.3. The summed E-state index contributed by atoms with van der Waals surface area (Å²) in [5.74, 6) is -1.69. The van der Waals surface area contributed by atoms with E-state index in [0.717, 1.165) is 18.6 Å². The van der Waals surface area contributed by atoms with Crippen LogP contribution in [0.25, 0.3) is 0 Å². The van der Waals surface area contributed by atoms with Crippen molar-refractivity contribution in [1.29, 1.82) is 0 Å². The third kappa shape index (κ3) is 4.71. The molecule has 0 heterocycles. The summed E-state index contributed by atoms with van der Waals surface area (Å²) >= 11 is 5.61. The van der Waals surface area contributed by atoms with Crippen molar-refractivity contribution in [1.82, 2.24) is 4.72 Å². The quantitative estimate of drug-likeness (QED) is 0.787. The molecule has 0 aliphatic carbocycles. The Kier molecular flexibility index (Phi) is 6.16. The average Bonchev–Trinajstić information content (AvgIpc) is 2.37. The minimum Gasteiger partial charge on any atom is -0.211 e. The highest BCUT2D eigenvalue weighted by molar-refractivity contribution is 7.89. The Hall–Kier alpha value is -0.720. The van der Waals surface area contributed by atoms with Crippen LogP contribution < -0.4 is 4.72 Å². The third-order valence-electron chi connectivity index (χ3n) is 2.86. The number of alkyl halides is 1. The Morgan fingerprint density at radius 2 is 2.00 bits per heavy atom. The molecule has 0 aliphatic rings. The molecule has 0 amide bonds. The second-order valence-corrected chi connectivity index (χ2v) is 6.32. The molecule has 0 bridgehead atoms. The molecule has 108 valence electrons. The number of hydrogen-bond donors (Lipinski definition) is 1. The normalized spacial score (nSPS) is 13.5. The topological polar surface area (TPSA) is 46.2 Å². The minimum absolute atomic E-state index is 0.123. The number of benzene rings is 1. The van der Waals surface area contributed by atoms with Crippen molar-refractivity contribution in [2.75, 3.05) is 12.4 Å². The maximum absolute atomic E-state index is 13.0. The van der Waals surface area contributed by atoms with Crippen molar-refractivity contribution in [2.45, 2.75) is 24.7 Å². The van der Waals surface area contributed by atoms with E-state index in [1.54, 1.807) is 0 Å². The van der Waals surface area contributed by atoms with Crippen LogP contribution in [0.15, 0.2) is 23.1 Å². The van der Waals surface area contributed by atoms with Gasteiger partial charge in [-0.25, -0.2) is 21.9 Å². The van der Waals surface area contributed by atoms with Crippen LogP contribution in [-0.4, -0.2) is 20.8 Å². The highest BCUT2D eigenvalue weighted by Crippen LogP contribution is 2.15. The molecule has 1 N–H and O–H groups in total. The summed E-state index contributed by atoms with van der Waals surface area (Å²) < 4.78 is 51.9. The van der Waals surface area contributed by atoms with E-state index in [1.807, 2.05) is 6.92 Å². The summed E-state index contributed by atoms with van der Waals surface area (Å²) in [6.45, 7) is 2.16. The van der Waals surface area contributed by atoms with Gasteiger partial charge in [0.1, 0.15) is 0 Å². The predicted octanol–water partition coefficient (Wildman–Crippen LogP) is 2.90. The van der Waals surface area contributed by atoms with Gasteiger partial charge in [-0.15, -0.1) is 11.6 Å². The first-order valence-corrected chi connectivity index (χ1v) is 7.93. The van der Waals surface area contributed by atoms with E-state index in [2.05, 4.69) is 4.72 Å². The van der Waals surface area contributed by atoms with E-state index in [-0.39, 0.29) is 17.4 Å². The van der Waals surface area contributed by atoms with E-state index in [1.165, 1.54) is 0 Å². The maximum atomic E-state index is 13.0. The Balaban J connectivity index is 2.78. The van der Waals surface area contributed by atoms with Gasteiger partial charge in [0.2, 0.25) is 10.0 Å². The molecule has 1 aromatic carbocycles. The van der Waals surface area contributed by atoms with Gasteiger partial charge in [0, 0.05) is 12.4 Å². The van der Waals surface area contributed by atoms with Crippen LogP contribution in [0.1, 0.15) is 19.8 Å². The number of halogens is 3. The zero-order chi connectivity index (χ0) is 14.5. The molecule has 19 heavy (non-hydrogen) atoms. The first-order chi connectivity index (χ1) is 8.90. The van der Waals surface area contributed by atoms with Crippen molar-refractivity contribution in [3.63, 3.8) is 0 Å². The smallest absolute Gasteiger partial charge is 0.211 e. The van der Waals surface area contributed by atoms with Crippen molar-refractivity contribution in [3.8, 4) is 0 Å². The molecule has 1 unspecified atom stereocenters. The second-order valence-electron chi connectivity index (χ2n) is 4.18. The summed E-state index contributed by atoms with van der Waals surface area (Å²) in [6.07, 6.45) is 1.48. The number of rotatable bonds is 7.